The largest absolute Gasteiger partial charge is 0.494 e. The molecule has 0 aromatic heterocycles. The van der Waals surface area contributed by atoms with Gasteiger partial charge in [-0.05, 0) is 71.8 Å². The summed E-state index contributed by atoms with van der Waals surface area (Å²) >= 11 is 0. The number of carboxylic acid groups (broad SMARTS) is 1. The van der Waals surface area contributed by atoms with Crippen LogP contribution in [0.3, 0.4) is 0 Å². The van der Waals surface area contributed by atoms with E-state index >= 15 is 4.39 Å². The zero-order valence-corrected chi connectivity index (χ0v) is 24.2. The second-order valence-corrected chi connectivity index (χ2v) is 13.6. The molecule has 0 spiro atoms. The van der Waals surface area contributed by atoms with Crippen molar-refractivity contribution in [3.8, 4) is 5.75 Å². The first-order chi connectivity index (χ1) is 19.2. The van der Waals surface area contributed by atoms with Crippen molar-refractivity contribution in [2.24, 2.45) is 45.7 Å². The SMILES string of the molecule is C[C@@H]1CC[C@@]23CCC(=O)[C@H]2[C@@]1(C)[C@H](C(Oc1ccc2c(c1F)B(O)OC2)C(=O)O)C[C@@](C)(CCC(N)=O)[C@@H](O)[C@@H]3C. The standard InChI is InChI=1S/C30H41BFNO8/c1-15-7-11-30-12-8-19(34)25(30)29(15,4)18(13-28(3,10-9-21(33)35)26(36)16(30)2)24(27(37)38)41-20-6-5-17-14-40-31(39)22(17)23(20)32/h5-6,15-16,18,24-26,36,39H,7-14H2,1-4H3,(H2,33,35)(H,37,38)/t15-,16+,18+,24?,25+,26+,28-,29-,30+/m1/s1. The van der Waals surface area contributed by atoms with Crippen LogP contribution in [0.1, 0.15) is 78.2 Å². The molecule has 9 nitrogen and oxygen atoms in total. The lowest BCUT2D eigenvalue weighted by Crippen LogP contribution is -2.64. The van der Waals surface area contributed by atoms with E-state index < -0.39 is 65.1 Å². The van der Waals surface area contributed by atoms with Crippen molar-refractivity contribution in [1.82, 2.24) is 0 Å². The summed E-state index contributed by atoms with van der Waals surface area (Å²) in [7, 11) is -1.49. The third-order valence-electron chi connectivity index (χ3n) is 11.7. The van der Waals surface area contributed by atoms with Crippen LogP contribution in [0.4, 0.5) is 4.39 Å². The number of aliphatic hydroxyl groups excluding tert-OH is 1. The number of hydrogen-bond donors (Lipinski definition) is 4. The summed E-state index contributed by atoms with van der Waals surface area (Å²) < 4.78 is 26.8. The summed E-state index contributed by atoms with van der Waals surface area (Å²) in [5.41, 5.74) is 3.57. The summed E-state index contributed by atoms with van der Waals surface area (Å²) in [6.07, 6.45) is 0.276. The first-order valence-electron chi connectivity index (χ1n) is 14.7. The molecule has 1 unspecified atom stereocenters. The van der Waals surface area contributed by atoms with Crippen LogP contribution in [0.2, 0.25) is 0 Å². The van der Waals surface area contributed by atoms with Crippen molar-refractivity contribution < 1.29 is 43.4 Å². The van der Waals surface area contributed by atoms with Crippen LogP contribution in [0.25, 0.3) is 0 Å². The van der Waals surface area contributed by atoms with Crippen LogP contribution in [0.15, 0.2) is 12.1 Å². The number of carbonyl (C=O) groups excluding carboxylic acids is 2. The highest BCUT2D eigenvalue weighted by Gasteiger charge is 2.69. The average Bonchev–Trinajstić information content (AvgIpc) is 3.47. The molecule has 5 N–H and O–H groups in total. The van der Waals surface area contributed by atoms with E-state index in [1.807, 2.05) is 27.7 Å². The fourth-order valence-corrected chi connectivity index (χ4v) is 9.22. The number of benzene rings is 1. The van der Waals surface area contributed by atoms with Gasteiger partial charge in [0.15, 0.2) is 17.7 Å². The van der Waals surface area contributed by atoms with Gasteiger partial charge in [0.2, 0.25) is 5.91 Å². The molecule has 1 aliphatic heterocycles. The number of nitrogens with two attached hydrogens (primary N) is 1. The molecule has 3 aliphatic carbocycles. The Morgan fingerprint density at radius 2 is 1.98 bits per heavy atom. The first kappa shape index (κ1) is 30.0. The maximum Gasteiger partial charge on any atom is 0.494 e. The smallest absolute Gasteiger partial charge is 0.478 e. The second-order valence-electron chi connectivity index (χ2n) is 13.6. The second kappa shape index (κ2) is 10.3. The minimum Gasteiger partial charge on any atom is -0.478 e. The van der Waals surface area contributed by atoms with Gasteiger partial charge in [-0.3, -0.25) is 9.59 Å². The van der Waals surface area contributed by atoms with Crippen molar-refractivity contribution in [3.05, 3.63) is 23.5 Å². The molecule has 11 heteroatoms. The molecule has 9 atom stereocenters. The third-order valence-corrected chi connectivity index (χ3v) is 11.7. The van der Waals surface area contributed by atoms with Crippen LogP contribution in [0.5, 0.6) is 5.75 Å². The van der Waals surface area contributed by atoms with Gasteiger partial charge in [-0.1, -0.05) is 33.8 Å². The number of hydrogen-bond acceptors (Lipinski definition) is 7. The quantitative estimate of drug-likeness (QED) is 0.363. The van der Waals surface area contributed by atoms with Crippen molar-refractivity contribution in [2.75, 3.05) is 0 Å². The normalized spacial score (nSPS) is 39.0. The summed E-state index contributed by atoms with van der Waals surface area (Å²) in [4.78, 5) is 38.7. The van der Waals surface area contributed by atoms with E-state index in [1.165, 1.54) is 6.07 Å². The molecule has 4 aliphatic rings. The van der Waals surface area contributed by atoms with Crippen LogP contribution in [-0.2, 0) is 25.6 Å². The topological polar surface area (TPSA) is 156 Å². The Hall–Kier alpha value is -2.50. The Labute approximate surface area is 240 Å². The number of aliphatic hydroxyl groups is 1. The number of Topliss-reactive ketones (excluding diaryl/α,β-unsaturated/α-hetero) is 1. The van der Waals surface area contributed by atoms with Crippen molar-refractivity contribution in [2.45, 2.75) is 91.5 Å². The molecular formula is C30H41BFNO8. The Morgan fingerprint density at radius 3 is 2.63 bits per heavy atom. The minimum absolute atomic E-state index is 0.00452. The zero-order valence-electron chi connectivity index (χ0n) is 24.2. The molecule has 0 radical (unpaired) electrons. The number of ketones is 1. The van der Waals surface area contributed by atoms with Crippen LogP contribution >= 0.6 is 0 Å². The molecule has 5 rings (SSSR count). The molecule has 1 amide bonds. The zero-order chi connectivity index (χ0) is 30.1. The van der Waals surface area contributed by atoms with Gasteiger partial charge in [0.05, 0.1) is 12.7 Å². The highest BCUT2D eigenvalue weighted by atomic mass is 19.1. The molecule has 3 fully saturated rings. The van der Waals surface area contributed by atoms with Gasteiger partial charge in [-0.2, -0.15) is 0 Å². The van der Waals surface area contributed by atoms with Gasteiger partial charge >= 0.3 is 13.1 Å². The molecule has 3 saturated carbocycles. The number of aliphatic carboxylic acids is 1. The maximum absolute atomic E-state index is 15.6. The molecule has 1 heterocycles. The number of fused-ring (bicyclic) bond motifs is 1. The number of halogens is 1. The molecule has 2 bridgehead atoms. The number of ether oxygens (including phenoxy) is 1. The van der Waals surface area contributed by atoms with Gasteiger partial charge in [-0.25, -0.2) is 9.18 Å². The lowest BCUT2D eigenvalue weighted by molar-refractivity contribution is -0.200. The van der Waals surface area contributed by atoms with Crippen molar-refractivity contribution in [3.63, 3.8) is 0 Å². The number of carboxylic acids is 1. The van der Waals surface area contributed by atoms with E-state index in [2.05, 4.69) is 0 Å². The van der Waals surface area contributed by atoms with Crippen LogP contribution in [-0.4, -0.2) is 52.2 Å². The van der Waals surface area contributed by atoms with E-state index in [-0.39, 0.29) is 54.7 Å². The van der Waals surface area contributed by atoms with E-state index in [1.54, 1.807) is 6.07 Å². The van der Waals surface area contributed by atoms with Gasteiger partial charge in [-0.15, -0.1) is 0 Å². The number of carbonyl (C=O) groups is 3. The Balaban J connectivity index is 1.67. The van der Waals surface area contributed by atoms with Crippen LogP contribution in [0, 0.1) is 45.7 Å². The molecule has 224 valence electrons. The van der Waals surface area contributed by atoms with Crippen molar-refractivity contribution >= 4 is 30.2 Å². The monoisotopic (exact) mass is 573 g/mol. The number of rotatable bonds is 7. The van der Waals surface area contributed by atoms with Gasteiger partial charge in [0.1, 0.15) is 5.78 Å². The summed E-state index contributed by atoms with van der Waals surface area (Å²) in [5.74, 6) is -4.65. The summed E-state index contributed by atoms with van der Waals surface area (Å²) in [5, 5.41) is 32.8. The Bertz CT molecular complexity index is 1260. The predicted molar refractivity (Wildman–Crippen MR) is 147 cm³/mol. The lowest BCUT2D eigenvalue weighted by Gasteiger charge is -2.63. The number of amides is 1. The molecule has 41 heavy (non-hydrogen) atoms. The third kappa shape index (κ3) is 4.50. The fraction of sp³-hybridized carbons (Fsp3) is 0.700. The van der Waals surface area contributed by atoms with E-state index in [9.17, 15) is 29.6 Å². The molecule has 1 aromatic carbocycles. The summed E-state index contributed by atoms with van der Waals surface area (Å²) in [6.45, 7) is 7.86. The highest BCUT2D eigenvalue weighted by molar-refractivity contribution is 6.61. The fourth-order valence-electron chi connectivity index (χ4n) is 9.22. The van der Waals surface area contributed by atoms with Gasteiger partial charge in [0.25, 0.3) is 0 Å². The molecule has 0 saturated heterocycles. The first-order valence-corrected chi connectivity index (χ1v) is 14.7. The maximum atomic E-state index is 15.6. The minimum atomic E-state index is -1.58. The average molecular weight is 573 g/mol. The highest BCUT2D eigenvalue weighted by Crippen LogP contribution is 2.69. The van der Waals surface area contributed by atoms with Crippen LogP contribution < -0.4 is 15.9 Å². The van der Waals surface area contributed by atoms with E-state index in [0.717, 1.165) is 12.8 Å². The Morgan fingerprint density at radius 1 is 1.27 bits per heavy atom. The van der Waals surface area contributed by atoms with Gasteiger partial charge in [0, 0.05) is 30.1 Å². The predicted octanol–water partition coefficient (Wildman–Crippen LogP) is 2.57. The molecular weight excluding hydrogens is 532 g/mol. The molecule has 1 aromatic rings. The Kier molecular flexibility index (Phi) is 7.56. The number of primary amides is 1. The van der Waals surface area contributed by atoms with Gasteiger partial charge < -0.3 is 30.4 Å². The lowest BCUT2D eigenvalue weighted by atomic mass is 9.41. The summed E-state index contributed by atoms with van der Waals surface area (Å²) in [6, 6.07) is 2.88. The van der Waals surface area contributed by atoms with E-state index in [4.69, 9.17) is 15.1 Å². The van der Waals surface area contributed by atoms with Crippen molar-refractivity contribution in [1.29, 1.82) is 0 Å². The van der Waals surface area contributed by atoms with E-state index in [0.29, 0.717) is 18.4 Å².